The van der Waals surface area contributed by atoms with Crippen LogP contribution in [-0.4, -0.2) is 73.6 Å². The minimum atomic E-state index is -2.75. The number of carbonyl (C=O) groups excluding carboxylic acids is 3. The number of phenols is 1. The number of rotatable bonds is 2. The lowest BCUT2D eigenvalue weighted by Crippen LogP contribution is -2.65. The summed E-state index contributed by atoms with van der Waals surface area (Å²) >= 11 is 0. The lowest BCUT2D eigenvalue weighted by atomic mass is 9.55. The van der Waals surface area contributed by atoms with Crippen molar-refractivity contribution in [3.8, 4) is 5.75 Å². The first-order chi connectivity index (χ1) is 14.8. The number of hydrogen-bond donors (Lipinski definition) is 6. The zero-order valence-corrected chi connectivity index (χ0v) is 17.7. The van der Waals surface area contributed by atoms with Gasteiger partial charge in [0.2, 0.25) is 5.78 Å². The number of nitrogens with two attached hydrogens (primary N) is 1. The van der Waals surface area contributed by atoms with Gasteiger partial charge in [-0.15, -0.1) is 0 Å². The quantitative estimate of drug-likeness (QED) is 0.336. The van der Waals surface area contributed by atoms with E-state index in [1.54, 1.807) is 0 Å². The average Bonchev–Trinajstić information content (AvgIpc) is 2.68. The molecule has 1 aromatic rings. The number of ketones is 2. The third-order valence-corrected chi connectivity index (χ3v) is 7.02. The number of phenolic OH excluding ortho intramolecular Hbond substituents is 1. The van der Waals surface area contributed by atoms with Gasteiger partial charge in [0.15, 0.2) is 11.4 Å². The smallest absolute Gasteiger partial charge is 0.255 e. The molecule has 1 unspecified atom stereocenters. The molecule has 0 heterocycles. The van der Waals surface area contributed by atoms with E-state index in [1.165, 1.54) is 44.1 Å². The molecular formula is C22H24N2O8. The second-order valence-electron chi connectivity index (χ2n) is 8.96. The Morgan fingerprint density at radius 1 is 1.16 bits per heavy atom. The van der Waals surface area contributed by atoms with Gasteiger partial charge in [-0.2, -0.15) is 0 Å². The normalized spacial score (nSPS) is 34.4. The third-order valence-electron chi connectivity index (χ3n) is 7.02. The van der Waals surface area contributed by atoms with Crippen LogP contribution in [0.1, 0.15) is 29.3 Å². The summed E-state index contributed by atoms with van der Waals surface area (Å²) in [6, 6.07) is 3.05. The number of carbonyl (C=O) groups is 3. The number of aromatic hydroxyl groups is 1. The molecule has 0 aromatic heterocycles. The number of primary amides is 1. The summed E-state index contributed by atoms with van der Waals surface area (Å²) in [5.74, 6) is -7.89. The van der Waals surface area contributed by atoms with Crippen molar-refractivity contribution in [3.05, 3.63) is 52.0 Å². The highest BCUT2D eigenvalue weighted by atomic mass is 16.3. The molecule has 0 spiro atoms. The van der Waals surface area contributed by atoms with Crippen LogP contribution < -0.4 is 5.73 Å². The molecule has 0 bridgehead atoms. The molecule has 4 rings (SSSR count). The van der Waals surface area contributed by atoms with Crippen LogP contribution >= 0.6 is 0 Å². The van der Waals surface area contributed by atoms with Crippen molar-refractivity contribution in [1.82, 2.24) is 4.90 Å². The lowest BCUT2D eigenvalue weighted by molar-refractivity contribution is -0.151. The molecule has 0 saturated carbocycles. The first-order valence-electron chi connectivity index (χ1n) is 9.97. The fourth-order valence-electron chi connectivity index (χ4n) is 5.51. The van der Waals surface area contributed by atoms with E-state index in [2.05, 4.69) is 0 Å². The Hall–Kier alpha value is -3.21. The molecule has 0 saturated heterocycles. The Kier molecular flexibility index (Phi) is 4.57. The minimum absolute atomic E-state index is 0.135. The lowest BCUT2D eigenvalue weighted by Gasteiger charge is -2.52. The van der Waals surface area contributed by atoms with E-state index in [0.29, 0.717) is 0 Å². The second-order valence-corrected chi connectivity index (χ2v) is 8.96. The van der Waals surface area contributed by atoms with Crippen LogP contribution in [0.3, 0.4) is 0 Å². The molecule has 1 amide bonds. The maximum Gasteiger partial charge on any atom is 0.255 e. The van der Waals surface area contributed by atoms with E-state index in [0.717, 1.165) is 0 Å². The van der Waals surface area contributed by atoms with Gasteiger partial charge in [0.25, 0.3) is 5.91 Å². The number of nitrogens with zero attached hydrogens (tertiary/aromatic N) is 1. The summed E-state index contributed by atoms with van der Waals surface area (Å²) < 4.78 is 0. The van der Waals surface area contributed by atoms with Gasteiger partial charge in [0.1, 0.15) is 22.8 Å². The first-order valence-corrected chi connectivity index (χ1v) is 9.97. The van der Waals surface area contributed by atoms with Crippen LogP contribution in [0.15, 0.2) is 40.9 Å². The van der Waals surface area contributed by atoms with E-state index in [1.807, 2.05) is 0 Å². The molecule has 3 aliphatic carbocycles. The zero-order valence-electron chi connectivity index (χ0n) is 17.7. The molecule has 10 heteroatoms. The van der Waals surface area contributed by atoms with Gasteiger partial charge >= 0.3 is 0 Å². The molecule has 0 radical (unpaired) electrons. The van der Waals surface area contributed by atoms with Gasteiger partial charge in [0.05, 0.1) is 17.2 Å². The maximum absolute atomic E-state index is 13.3. The van der Waals surface area contributed by atoms with Gasteiger partial charge in [0, 0.05) is 17.4 Å². The molecule has 10 nitrogen and oxygen atoms in total. The number of Topliss-reactive ketones (excluding diaryl/α,β-unsaturated/α-hetero) is 2. The molecular weight excluding hydrogens is 420 g/mol. The van der Waals surface area contributed by atoms with E-state index in [9.17, 15) is 39.9 Å². The Morgan fingerprint density at radius 3 is 2.34 bits per heavy atom. The molecule has 5 atom stereocenters. The van der Waals surface area contributed by atoms with Crippen molar-refractivity contribution >= 4 is 17.5 Å². The van der Waals surface area contributed by atoms with Crippen molar-refractivity contribution in [2.75, 3.05) is 14.1 Å². The summed E-state index contributed by atoms with van der Waals surface area (Å²) in [6.07, 6.45) is -0.200. The summed E-state index contributed by atoms with van der Waals surface area (Å²) in [5, 5.41) is 55.0. The van der Waals surface area contributed by atoms with Crippen molar-refractivity contribution < 1.29 is 39.9 Å². The second kappa shape index (κ2) is 6.64. The Balaban J connectivity index is 2.05. The zero-order chi connectivity index (χ0) is 23.9. The molecule has 0 fully saturated rings. The predicted molar refractivity (Wildman–Crippen MR) is 110 cm³/mol. The summed E-state index contributed by atoms with van der Waals surface area (Å²) in [6.45, 7) is 1.40. The number of aliphatic hydroxyl groups is 4. The van der Waals surface area contributed by atoms with Gasteiger partial charge in [-0.05, 0) is 39.1 Å². The highest BCUT2D eigenvalue weighted by molar-refractivity contribution is 6.24. The first kappa shape index (κ1) is 22.0. The topological polar surface area (TPSA) is 182 Å². The molecule has 170 valence electrons. The standard InChI is InChI=1S/C22H24N2O8/c1-21(31)8-5-4-6-11(25)12(8)16(26)13-9(21)7-10-15(24(2)3)17(27)14(20(23)30)19(29)22(10,32)18(13)28/h4-6,9-10,15,25,27-28,31-32H,7H2,1-3H3,(H2,23,30)/t9?,10-,15-,21+,22-/m0/s1. The number of hydrogen-bond acceptors (Lipinski definition) is 9. The summed E-state index contributed by atoms with van der Waals surface area (Å²) in [5.41, 5.74) is -0.654. The monoisotopic (exact) mass is 444 g/mol. The number of benzene rings is 1. The van der Waals surface area contributed by atoms with Crippen molar-refractivity contribution in [1.29, 1.82) is 0 Å². The van der Waals surface area contributed by atoms with Gasteiger partial charge in [-0.25, -0.2) is 0 Å². The number of likely N-dealkylation sites (N-methyl/N-ethyl adjacent to an activating group) is 1. The maximum atomic E-state index is 13.3. The molecule has 3 aliphatic rings. The van der Waals surface area contributed by atoms with Crippen LogP contribution in [-0.2, 0) is 15.2 Å². The SMILES string of the molecule is CN(C)[C@@H]1C(O)=C(C(N)=O)C(=O)[C@@]2(O)C(O)=C3C(=O)c4c(O)cccc4[C@@](C)(O)C3C[C@@H]12. The van der Waals surface area contributed by atoms with Crippen molar-refractivity contribution in [2.45, 2.75) is 30.6 Å². The van der Waals surface area contributed by atoms with Gasteiger partial charge < -0.3 is 31.3 Å². The fourth-order valence-corrected chi connectivity index (χ4v) is 5.51. The average molecular weight is 444 g/mol. The number of amides is 1. The van der Waals surface area contributed by atoms with E-state index >= 15 is 0 Å². The van der Waals surface area contributed by atoms with E-state index in [-0.39, 0.29) is 17.5 Å². The van der Waals surface area contributed by atoms with Crippen LogP contribution in [0.25, 0.3) is 0 Å². The summed E-state index contributed by atoms with van der Waals surface area (Å²) in [7, 11) is 3.06. The van der Waals surface area contributed by atoms with Crippen LogP contribution in [0, 0.1) is 11.8 Å². The predicted octanol–water partition coefficient (Wildman–Crippen LogP) is -0.214. The van der Waals surface area contributed by atoms with Crippen molar-refractivity contribution in [2.24, 2.45) is 17.6 Å². The third kappa shape index (κ3) is 2.48. The fraction of sp³-hybridized carbons (Fsp3) is 0.409. The Labute approximate surface area is 182 Å². The molecule has 32 heavy (non-hydrogen) atoms. The largest absolute Gasteiger partial charge is 0.510 e. The highest BCUT2D eigenvalue weighted by Crippen LogP contribution is 2.56. The molecule has 1 aromatic carbocycles. The molecule has 7 N–H and O–H groups in total. The van der Waals surface area contributed by atoms with Crippen LogP contribution in [0.2, 0.25) is 0 Å². The number of aliphatic hydroxyl groups excluding tert-OH is 2. The van der Waals surface area contributed by atoms with E-state index in [4.69, 9.17) is 5.73 Å². The van der Waals surface area contributed by atoms with Gasteiger partial charge in [-0.1, -0.05) is 12.1 Å². The van der Waals surface area contributed by atoms with Crippen LogP contribution in [0.5, 0.6) is 5.75 Å². The van der Waals surface area contributed by atoms with E-state index < -0.39 is 75.0 Å². The minimum Gasteiger partial charge on any atom is -0.510 e. The summed E-state index contributed by atoms with van der Waals surface area (Å²) in [4.78, 5) is 39.9. The van der Waals surface area contributed by atoms with Crippen molar-refractivity contribution in [3.63, 3.8) is 0 Å². The Morgan fingerprint density at radius 2 is 1.78 bits per heavy atom. The van der Waals surface area contributed by atoms with Crippen LogP contribution in [0.4, 0.5) is 0 Å². The van der Waals surface area contributed by atoms with Gasteiger partial charge in [-0.3, -0.25) is 19.3 Å². The molecule has 0 aliphatic heterocycles. The number of fused-ring (bicyclic) bond motifs is 3. The highest BCUT2D eigenvalue weighted by Gasteiger charge is 2.65. The Bertz CT molecular complexity index is 1150.